The van der Waals surface area contributed by atoms with Crippen LogP contribution in [0.5, 0.6) is 0 Å². The van der Waals surface area contributed by atoms with Crippen LogP contribution in [0, 0.1) is 0 Å². The van der Waals surface area contributed by atoms with E-state index >= 15 is 0 Å². The van der Waals surface area contributed by atoms with Crippen LogP contribution in [0.15, 0.2) is 204 Å². The molecule has 55 heavy (non-hydrogen) atoms. The quantitative estimate of drug-likeness (QED) is 0.128. The molecule has 0 amide bonds. The maximum absolute atomic E-state index is 5.48. The normalized spacial score (nSPS) is 13.7. The molecule has 1 aromatic heterocycles. The van der Waals surface area contributed by atoms with Crippen molar-refractivity contribution >= 4 is 23.8 Å². The van der Waals surface area contributed by atoms with Crippen molar-refractivity contribution in [2.75, 3.05) is 0 Å². The molecule has 0 aliphatic heterocycles. The number of benzene rings is 7. The summed E-state index contributed by atoms with van der Waals surface area (Å²) in [6.45, 7) is 4.04. The van der Waals surface area contributed by atoms with E-state index in [1.54, 1.807) is 0 Å². The van der Waals surface area contributed by atoms with Crippen molar-refractivity contribution in [1.82, 2.24) is 9.97 Å². The molecule has 0 N–H and O–H groups in total. The standard InChI is InChI=1S/C51H34N4/c1-52-49(38-31-29-35(30-32-38)46-33-45(34-17-5-2-6-18-34)53-50(54-46)37-21-9-4-10-22-37)55-48-41-25-13-16-28-44(41)51(47(48)36-19-7-3-8-20-36)42-26-14-11-23-39(42)40-24-12-15-27-43(40)51/h2-33H,1H2. The molecule has 0 saturated carbocycles. The van der Waals surface area contributed by atoms with Crippen molar-refractivity contribution in [1.29, 1.82) is 0 Å². The third kappa shape index (κ3) is 5.22. The van der Waals surface area contributed by atoms with Crippen LogP contribution >= 0.6 is 0 Å². The number of aliphatic imine (C=N–C) groups is 2. The minimum absolute atomic E-state index is 0.555. The lowest BCUT2D eigenvalue weighted by Gasteiger charge is -2.32. The Kier molecular flexibility index (Phi) is 7.81. The van der Waals surface area contributed by atoms with Crippen LogP contribution in [0.2, 0.25) is 0 Å². The van der Waals surface area contributed by atoms with Crippen LogP contribution in [0.3, 0.4) is 0 Å². The number of fused-ring (bicyclic) bond motifs is 7. The van der Waals surface area contributed by atoms with Crippen LogP contribution in [0.4, 0.5) is 0 Å². The van der Waals surface area contributed by atoms with E-state index in [0.717, 1.165) is 56.0 Å². The summed E-state index contributed by atoms with van der Waals surface area (Å²) in [5.74, 6) is 1.24. The number of rotatable bonds is 6. The summed E-state index contributed by atoms with van der Waals surface area (Å²) in [6, 6.07) is 67.8. The first-order chi connectivity index (χ1) is 27.2. The average molecular weight is 703 g/mol. The summed E-state index contributed by atoms with van der Waals surface area (Å²) < 4.78 is 0. The topological polar surface area (TPSA) is 50.5 Å². The lowest BCUT2D eigenvalue weighted by atomic mass is 9.68. The summed E-state index contributed by atoms with van der Waals surface area (Å²) >= 11 is 0. The van der Waals surface area contributed by atoms with Gasteiger partial charge in [0.25, 0.3) is 0 Å². The second kappa shape index (κ2) is 13.3. The van der Waals surface area contributed by atoms with Gasteiger partial charge < -0.3 is 0 Å². The molecule has 0 saturated heterocycles. The van der Waals surface area contributed by atoms with Gasteiger partial charge in [0.05, 0.1) is 22.5 Å². The Morgan fingerprint density at radius 2 is 0.873 bits per heavy atom. The van der Waals surface area contributed by atoms with Gasteiger partial charge in [0, 0.05) is 33.4 Å². The third-order valence-corrected chi connectivity index (χ3v) is 10.8. The van der Waals surface area contributed by atoms with Gasteiger partial charge in [0.15, 0.2) is 11.7 Å². The van der Waals surface area contributed by atoms with Crippen LogP contribution in [0.1, 0.15) is 33.4 Å². The monoisotopic (exact) mass is 702 g/mol. The zero-order chi connectivity index (χ0) is 36.8. The van der Waals surface area contributed by atoms with E-state index in [0.29, 0.717) is 11.7 Å². The fourth-order valence-corrected chi connectivity index (χ4v) is 8.49. The van der Waals surface area contributed by atoms with E-state index in [1.165, 1.54) is 27.8 Å². The molecule has 0 atom stereocenters. The molecule has 7 aromatic carbocycles. The highest BCUT2D eigenvalue weighted by Crippen LogP contribution is 2.64. The smallest absolute Gasteiger partial charge is 0.160 e. The number of nitrogens with zero attached hydrogens (tertiary/aromatic N) is 4. The number of aromatic nitrogens is 2. The van der Waals surface area contributed by atoms with Crippen molar-refractivity contribution in [3.8, 4) is 45.0 Å². The molecule has 0 unspecified atom stereocenters. The third-order valence-electron chi connectivity index (χ3n) is 10.8. The predicted molar refractivity (Wildman–Crippen MR) is 226 cm³/mol. The largest absolute Gasteiger partial charge is 0.245 e. The average Bonchev–Trinajstić information content (AvgIpc) is 3.73. The van der Waals surface area contributed by atoms with Gasteiger partial charge in [0.1, 0.15) is 0 Å². The molecule has 0 bridgehead atoms. The molecule has 1 heterocycles. The van der Waals surface area contributed by atoms with E-state index in [4.69, 9.17) is 15.0 Å². The van der Waals surface area contributed by atoms with Crippen LogP contribution in [-0.4, -0.2) is 22.5 Å². The summed E-state index contributed by atoms with van der Waals surface area (Å²) in [4.78, 5) is 20.1. The number of hydrogen-bond acceptors (Lipinski definition) is 3. The zero-order valence-electron chi connectivity index (χ0n) is 30.0. The van der Waals surface area contributed by atoms with Crippen molar-refractivity contribution in [2.24, 2.45) is 9.98 Å². The molecule has 1 spiro atoms. The molecule has 4 nitrogen and oxygen atoms in total. The first-order valence-corrected chi connectivity index (χ1v) is 18.5. The van der Waals surface area contributed by atoms with Gasteiger partial charge in [-0.1, -0.05) is 188 Å². The summed E-state index contributed by atoms with van der Waals surface area (Å²) in [6.07, 6.45) is 0. The van der Waals surface area contributed by atoms with Crippen molar-refractivity contribution in [2.45, 2.75) is 5.41 Å². The minimum atomic E-state index is -0.556. The Hall–Kier alpha value is -7.30. The molecule has 0 fully saturated rings. The van der Waals surface area contributed by atoms with Gasteiger partial charge in [-0.25, -0.2) is 20.0 Å². The molecule has 2 aliphatic rings. The van der Waals surface area contributed by atoms with Gasteiger partial charge in [-0.2, -0.15) is 0 Å². The van der Waals surface area contributed by atoms with Crippen molar-refractivity contribution < 1.29 is 0 Å². The van der Waals surface area contributed by atoms with Crippen LogP contribution in [-0.2, 0) is 5.41 Å². The number of hydrogen-bond donors (Lipinski definition) is 0. The molecular formula is C51H34N4. The Labute approximate surface area is 320 Å². The number of allylic oxidation sites excluding steroid dienone is 1. The van der Waals surface area contributed by atoms with Gasteiger partial charge in [-0.3, -0.25) is 0 Å². The lowest BCUT2D eigenvalue weighted by Crippen LogP contribution is -2.26. The predicted octanol–water partition coefficient (Wildman–Crippen LogP) is 11.8. The Morgan fingerprint density at radius 1 is 0.436 bits per heavy atom. The minimum Gasteiger partial charge on any atom is -0.245 e. The first kappa shape index (κ1) is 32.4. The second-order valence-corrected chi connectivity index (χ2v) is 13.8. The van der Waals surface area contributed by atoms with E-state index in [1.807, 2.05) is 48.5 Å². The van der Waals surface area contributed by atoms with Gasteiger partial charge in [-0.15, -0.1) is 0 Å². The molecule has 2 aliphatic carbocycles. The molecule has 8 aromatic rings. The molecular weight excluding hydrogens is 669 g/mol. The fraction of sp³-hybridized carbons (Fsp3) is 0.0196. The highest BCUT2D eigenvalue weighted by atomic mass is 14.9. The van der Waals surface area contributed by atoms with Crippen molar-refractivity contribution in [3.63, 3.8) is 0 Å². The SMILES string of the molecule is C=NC(=NC1=C(c2ccccc2)C2(c3ccccc31)c1ccccc1-c1ccccc12)c1ccc(-c2cc(-c3ccccc3)nc(-c3ccccc3)n2)cc1. The maximum atomic E-state index is 5.48. The molecule has 258 valence electrons. The van der Waals surface area contributed by atoms with Crippen LogP contribution < -0.4 is 0 Å². The first-order valence-electron chi connectivity index (χ1n) is 18.5. The summed E-state index contributed by atoms with van der Waals surface area (Å²) in [5, 5.41) is 0. The Morgan fingerprint density at radius 3 is 1.42 bits per heavy atom. The van der Waals surface area contributed by atoms with E-state index < -0.39 is 5.41 Å². The fourth-order valence-electron chi connectivity index (χ4n) is 8.49. The van der Waals surface area contributed by atoms with E-state index in [9.17, 15) is 0 Å². The molecule has 10 rings (SSSR count). The van der Waals surface area contributed by atoms with Gasteiger partial charge >= 0.3 is 0 Å². The maximum Gasteiger partial charge on any atom is 0.160 e. The zero-order valence-corrected chi connectivity index (χ0v) is 30.0. The summed E-state index contributed by atoms with van der Waals surface area (Å²) in [7, 11) is 0. The number of amidine groups is 1. The second-order valence-electron chi connectivity index (χ2n) is 13.8. The molecule has 0 radical (unpaired) electrons. The van der Waals surface area contributed by atoms with Gasteiger partial charge in [-0.05, 0) is 46.2 Å². The van der Waals surface area contributed by atoms with Crippen LogP contribution in [0.25, 0.3) is 56.3 Å². The van der Waals surface area contributed by atoms with E-state index in [2.05, 4.69) is 157 Å². The highest BCUT2D eigenvalue weighted by molar-refractivity contribution is 6.13. The van der Waals surface area contributed by atoms with Crippen molar-refractivity contribution in [3.05, 3.63) is 228 Å². The lowest BCUT2D eigenvalue weighted by molar-refractivity contribution is 0.842. The summed E-state index contributed by atoms with van der Waals surface area (Å²) in [5.41, 5.74) is 15.5. The Balaban J connectivity index is 1.14. The highest BCUT2D eigenvalue weighted by Gasteiger charge is 2.53. The van der Waals surface area contributed by atoms with Gasteiger partial charge in [0.2, 0.25) is 0 Å². The van der Waals surface area contributed by atoms with E-state index in [-0.39, 0.29) is 0 Å². The Bertz CT molecular complexity index is 2700. The molecule has 4 heteroatoms.